The Labute approximate surface area is 66.4 Å². The van der Waals surface area contributed by atoms with Crippen molar-refractivity contribution in [2.24, 2.45) is 5.92 Å². The molecular formula is C8H13NO2. The lowest BCUT2D eigenvalue weighted by Gasteiger charge is -2.07. The van der Waals surface area contributed by atoms with Gasteiger partial charge in [0, 0.05) is 19.5 Å². The summed E-state index contributed by atoms with van der Waals surface area (Å²) < 4.78 is 0. The van der Waals surface area contributed by atoms with Crippen molar-refractivity contribution < 1.29 is 9.59 Å². The van der Waals surface area contributed by atoms with E-state index in [1.165, 1.54) is 0 Å². The highest BCUT2D eigenvalue weighted by molar-refractivity contribution is 5.75. The van der Waals surface area contributed by atoms with E-state index in [0.29, 0.717) is 12.3 Å². The minimum absolute atomic E-state index is 0.225. The third-order valence-corrected chi connectivity index (χ3v) is 2.04. The standard InChI is InChI=1S/C8H13NO2/c1-7(11)4-8-2-3-9(5-8)6-10/h6,8H,2-5H2,1H3. The lowest BCUT2D eigenvalue weighted by atomic mass is 10.0. The average molecular weight is 155 g/mol. The summed E-state index contributed by atoms with van der Waals surface area (Å²) in [5.41, 5.74) is 0. The van der Waals surface area contributed by atoms with E-state index >= 15 is 0 Å². The highest BCUT2D eigenvalue weighted by Gasteiger charge is 2.21. The topological polar surface area (TPSA) is 37.4 Å². The van der Waals surface area contributed by atoms with Crippen LogP contribution in [0.2, 0.25) is 0 Å². The number of ketones is 1. The van der Waals surface area contributed by atoms with Crippen molar-refractivity contribution in [2.45, 2.75) is 19.8 Å². The second kappa shape index (κ2) is 3.51. The first-order valence-electron chi connectivity index (χ1n) is 3.91. The first kappa shape index (κ1) is 8.24. The van der Waals surface area contributed by atoms with E-state index in [9.17, 15) is 9.59 Å². The van der Waals surface area contributed by atoms with E-state index in [1.807, 2.05) is 0 Å². The minimum atomic E-state index is 0.225. The first-order valence-corrected chi connectivity index (χ1v) is 3.91. The fourth-order valence-corrected chi connectivity index (χ4v) is 1.53. The van der Waals surface area contributed by atoms with E-state index in [0.717, 1.165) is 25.9 Å². The van der Waals surface area contributed by atoms with Gasteiger partial charge in [0.25, 0.3) is 0 Å². The number of carbonyl (C=O) groups is 2. The Bertz CT molecular complexity index is 167. The molecule has 1 amide bonds. The molecule has 0 spiro atoms. The zero-order chi connectivity index (χ0) is 8.27. The molecule has 0 radical (unpaired) electrons. The fraction of sp³-hybridized carbons (Fsp3) is 0.750. The van der Waals surface area contributed by atoms with Gasteiger partial charge in [-0.3, -0.25) is 4.79 Å². The average Bonchev–Trinajstić information content (AvgIpc) is 2.34. The van der Waals surface area contributed by atoms with Gasteiger partial charge in [-0.05, 0) is 19.3 Å². The van der Waals surface area contributed by atoms with Crippen molar-refractivity contribution >= 4 is 12.2 Å². The quantitative estimate of drug-likeness (QED) is 0.555. The lowest BCUT2D eigenvalue weighted by Crippen LogP contribution is -2.18. The van der Waals surface area contributed by atoms with Crippen LogP contribution in [0.4, 0.5) is 0 Å². The normalized spacial score (nSPS) is 23.7. The molecule has 0 aromatic heterocycles. The fourth-order valence-electron chi connectivity index (χ4n) is 1.53. The molecule has 1 saturated heterocycles. The molecule has 11 heavy (non-hydrogen) atoms. The molecule has 1 rings (SSSR count). The second-order valence-corrected chi connectivity index (χ2v) is 3.16. The van der Waals surface area contributed by atoms with Gasteiger partial charge in [-0.25, -0.2) is 0 Å². The molecule has 3 heteroatoms. The third kappa shape index (κ3) is 2.33. The summed E-state index contributed by atoms with van der Waals surface area (Å²) >= 11 is 0. The summed E-state index contributed by atoms with van der Waals surface area (Å²) in [4.78, 5) is 22.7. The molecule has 3 nitrogen and oxygen atoms in total. The van der Waals surface area contributed by atoms with Crippen LogP contribution in [0.5, 0.6) is 0 Å². The number of amides is 1. The van der Waals surface area contributed by atoms with E-state index in [2.05, 4.69) is 0 Å². The largest absolute Gasteiger partial charge is 0.345 e. The van der Waals surface area contributed by atoms with E-state index in [-0.39, 0.29) is 5.78 Å². The summed E-state index contributed by atoms with van der Waals surface area (Å²) in [5, 5.41) is 0. The molecule has 0 bridgehead atoms. The van der Waals surface area contributed by atoms with Gasteiger partial charge in [0.05, 0.1) is 0 Å². The molecule has 1 heterocycles. The summed E-state index contributed by atoms with van der Waals surface area (Å²) in [5.74, 6) is 0.639. The van der Waals surface area contributed by atoms with Gasteiger partial charge in [0.1, 0.15) is 5.78 Å². The van der Waals surface area contributed by atoms with E-state index in [4.69, 9.17) is 0 Å². The summed E-state index contributed by atoms with van der Waals surface area (Å²) in [6.45, 7) is 3.19. The highest BCUT2D eigenvalue weighted by atomic mass is 16.1. The van der Waals surface area contributed by atoms with Gasteiger partial charge < -0.3 is 9.69 Å². The molecule has 1 aliphatic rings. The number of likely N-dealkylation sites (tertiary alicyclic amines) is 1. The van der Waals surface area contributed by atoms with Crippen LogP contribution in [0.3, 0.4) is 0 Å². The lowest BCUT2D eigenvalue weighted by molar-refractivity contribution is -0.119. The molecule has 0 aromatic carbocycles. The van der Waals surface area contributed by atoms with Crippen LogP contribution in [-0.2, 0) is 9.59 Å². The summed E-state index contributed by atoms with van der Waals surface area (Å²) in [7, 11) is 0. The van der Waals surface area contributed by atoms with Gasteiger partial charge >= 0.3 is 0 Å². The Morgan fingerprint density at radius 1 is 1.73 bits per heavy atom. The van der Waals surface area contributed by atoms with Crippen molar-refractivity contribution in [2.75, 3.05) is 13.1 Å². The molecule has 1 atom stereocenters. The molecule has 1 unspecified atom stereocenters. The molecular weight excluding hydrogens is 142 g/mol. The number of hydrogen-bond acceptors (Lipinski definition) is 2. The van der Waals surface area contributed by atoms with Crippen LogP contribution in [0, 0.1) is 5.92 Å². The van der Waals surface area contributed by atoms with Gasteiger partial charge in [-0.1, -0.05) is 0 Å². The number of rotatable bonds is 3. The molecule has 0 aliphatic carbocycles. The SMILES string of the molecule is CC(=O)CC1CCN(C=O)C1. The molecule has 1 aliphatic heterocycles. The van der Waals surface area contributed by atoms with Crippen LogP contribution in [0.1, 0.15) is 19.8 Å². The molecule has 0 saturated carbocycles. The van der Waals surface area contributed by atoms with Crippen molar-refractivity contribution in [1.29, 1.82) is 0 Å². The molecule has 0 N–H and O–H groups in total. The third-order valence-electron chi connectivity index (χ3n) is 2.04. The zero-order valence-electron chi connectivity index (χ0n) is 6.75. The molecule has 1 fully saturated rings. The van der Waals surface area contributed by atoms with Crippen molar-refractivity contribution in [3.63, 3.8) is 0 Å². The van der Waals surface area contributed by atoms with E-state index < -0.39 is 0 Å². The Morgan fingerprint density at radius 2 is 2.45 bits per heavy atom. The number of carbonyl (C=O) groups excluding carboxylic acids is 2. The van der Waals surface area contributed by atoms with Crippen LogP contribution in [0.25, 0.3) is 0 Å². The van der Waals surface area contributed by atoms with Crippen LogP contribution in [-0.4, -0.2) is 30.2 Å². The monoisotopic (exact) mass is 155 g/mol. The van der Waals surface area contributed by atoms with Crippen LogP contribution < -0.4 is 0 Å². The van der Waals surface area contributed by atoms with Crippen molar-refractivity contribution in [3.8, 4) is 0 Å². The minimum Gasteiger partial charge on any atom is -0.345 e. The van der Waals surface area contributed by atoms with Crippen LogP contribution >= 0.6 is 0 Å². The number of nitrogens with zero attached hydrogens (tertiary/aromatic N) is 1. The van der Waals surface area contributed by atoms with Gasteiger partial charge in [0.15, 0.2) is 0 Å². The highest BCUT2D eigenvalue weighted by Crippen LogP contribution is 2.17. The maximum atomic E-state index is 10.7. The maximum Gasteiger partial charge on any atom is 0.209 e. The van der Waals surface area contributed by atoms with Gasteiger partial charge in [-0.15, -0.1) is 0 Å². The second-order valence-electron chi connectivity index (χ2n) is 3.16. The van der Waals surface area contributed by atoms with Crippen molar-refractivity contribution in [3.05, 3.63) is 0 Å². The molecule has 0 aromatic rings. The molecule has 62 valence electrons. The summed E-state index contributed by atoms with van der Waals surface area (Å²) in [6.07, 6.45) is 2.47. The maximum absolute atomic E-state index is 10.7. The predicted octanol–water partition coefficient (Wildman–Crippen LogP) is 0.444. The number of Topliss-reactive ketones (excluding diaryl/α,β-unsaturated/α-hetero) is 1. The first-order chi connectivity index (χ1) is 5.22. The number of hydrogen-bond donors (Lipinski definition) is 0. The zero-order valence-corrected chi connectivity index (χ0v) is 6.75. The van der Waals surface area contributed by atoms with Gasteiger partial charge in [-0.2, -0.15) is 0 Å². The van der Waals surface area contributed by atoms with Crippen molar-refractivity contribution in [1.82, 2.24) is 4.90 Å². The van der Waals surface area contributed by atoms with Gasteiger partial charge in [0.2, 0.25) is 6.41 Å². The predicted molar refractivity (Wildman–Crippen MR) is 41.0 cm³/mol. The summed E-state index contributed by atoms with van der Waals surface area (Å²) in [6, 6.07) is 0. The smallest absolute Gasteiger partial charge is 0.209 e. The Balaban J connectivity index is 2.29. The Kier molecular flexibility index (Phi) is 2.63. The Morgan fingerprint density at radius 3 is 2.91 bits per heavy atom. The van der Waals surface area contributed by atoms with Crippen LogP contribution in [0.15, 0.2) is 0 Å². The van der Waals surface area contributed by atoms with E-state index in [1.54, 1.807) is 11.8 Å². The Hall–Kier alpha value is -0.860.